The van der Waals surface area contributed by atoms with E-state index in [0.717, 1.165) is 0 Å². The van der Waals surface area contributed by atoms with Gasteiger partial charge in [-0.05, 0) is 34.1 Å². The van der Waals surface area contributed by atoms with Crippen LogP contribution in [-0.4, -0.2) is 15.8 Å². The zero-order chi connectivity index (χ0) is 15.6. The number of nitrogen functional groups attached to an aromatic ring is 1. The number of nitrogens with two attached hydrogens (primary N) is 1. The van der Waals surface area contributed by atoms with Crippen LogP contribution in [0.4, 0.5) is 17.2 Å². The number of nitro benzene ring substituents is 1. The molecule has 21 heavy (non-hydrogen) atoms. The maximum absolute atomic E-state index is 12.1. The maximum Gasteiger partial charge on any atom is 0.285 e. The fourth-order valence-electron chi connectivity index (χ4n) is 1.56. The van der Waals surface area contributed by atoms with Crippen molar-refractivity contribution in [3.8, 4) is 0 Å². The highest BCUT2D eigenvalue weighted by atomic mass is 79.9. The van der Waals surface area contributed by atoms with E-state index < -0.39 is 10.8 Å². The molecule has 0 aliphatic carbocycles. The molecule has 0 aliphatic rings. The number of nitro groups is 1. The van der Waals surface area contributed by atoms with Gasteiger partial charge in [0.25, 0.3) is 11.6 Å². The lowest BCUT2D eigenvalue weighted by molar-refractivity contribution is -0.385. The van der Waals surface area contributed by atoms with Gasteiger partial charge in [-0.1, -0.05) is 11.6 Å². The Labute approximate surface area is 132 Å². The number of nitrogens with zero attached hydrogens (tertiary/aromatic N) is 2. The molecular formula is C12H8BrClN4O3. The molecule has 7 nitrogen and oxygen atoms in total. The van der Waals surface area contributed by atoms with E-state index in [-0.39, 0.29) is 27.8 Å². The van der Waals surface area contributed by atoms with Gasteiger partial charge >= 0.3 is 0 Å². The number of rotatable bonds is 3. The van der Waals surface area contributed by atoms with Crippen LogP contribution in [-0.2, 0) is 0 Å². The molecule has 9 heteroatoms. The van der Waals surface area contributed by atoms with Gasteiger partial charge < -0.3 is 11.1 Å². The molecule has 0 spiro atoms. The van der Waals surface area contributed by atoms with Crippen molar-refractivity contribution in [1.82, 2.24) is 4.98 Å². The predicted molar refractivity (Wildman–Crippen MR) is 82.4 cm³/mol. The Hall–Kier alpha value is -2.19. The molecular weight excluding hydrogens is 364 g/mol. The van der Waals surface area contributed by atoms with Gasteiger partial charge in [0.2, 0.25) is 0 Å². The van der Waals surface area contributed by atoms with Crippen molar-refractivity contribution in [2.45, 2.75) is 0 Å². The molecule has 0 bridgehead atoms. The number of nitrogens with one attached hydrogen (secondary N) is 1. The summed E-state index contributed by atoms with van der Waals surface area (Å²) >= 11 is 8.93. The summed E-state index contributed by atoms with van der Waals surface area (Å²) in [5, 5.41) is 13.5. The van der Waals surface area contributed by atoms with Crippen molar-refractivity contribution < 1.29 is 9.72 Å². The first-order valence-corrected chi connectivity index (χ1v) is 6.72. The van der Waals surface area contributed by atoms with Crippen LogP contribution in [0.2, 0.25) is 5.02 Å². The van der Waals surface area contributed by atoms with E-state index in [1.54, 1.807) is 0 Å². The first-order chi connectivity index (χ1) is 9.88. The molecule has 2 aromatic rings. The van der Waals surface area contributed by atoms with Crippen molar-refractivity contribution in [3.63, 3.8) is 0 Å². The number of amides is 1. The summed E-state index contributed by atoms with van der Waals surface area (Å²) in [4.78, 5) is 26.1. The van der Waals surface area contributed by atoms with E-state index in [4.69, 9.17) is 17.3 Å². The summed E-state index contributed by atoms with van der Waals surface area (Å²) in [5.41, 5.74) is 5.74. The molecule has 108 valence electrons. The van der Waals surface area contributed by atoms with Crippen molar-refractivity contribution in [2.24, 2.45) is 0 Å². The van der Waals surface area contributed by atoms with Crippen molar-refractivity contribution in [3.05, 3.63) is 55.6 Å². The lowest BCUT2D eigenvalue weighted by atomic mass is 10.2. The quantitative estimate of drug-likeness (QED) is 0.635. The minimum absolute atomic E-state index is 0.133. The van der Waals surface area contributed by atoms with E-state index >= 15 is 0 Å². The van der Waals surface area contributed by atoms with Crippen molar-refractivity contribution in [2.75, 3.05) is 11.1 Å². The summed E-state index contributed by atoms with van der Waals surface area (Å²) in [7, 11) is 0. The molecule has 0 unspecified atom stereocenters. The summed E-state index contributed by atoms with van der Waals surface area (Å²) in [6, 6.07) is 5.55. The lowest BCUT2D eigenvalue weighted by Crippen LogP contribution is -2.13. The Morgan fingerprint density at radius 2 is 2.14 bits per heavy atom. The van der Waals surface area contributed by atoms with Crippen LogP contribution >= 0.6 is 27.5 Å². The number of halogens is 2. The van der Waals surface area contributed by atoms with Crippen LogP contribution in [0.25, 0.3) is 0 Å². The van der Waals surface area contributed by atoms with Crippen molar-refractivity contribution >= 4 is 50.6 Å². The molecule has 0 aliphatic heterocycles. The number of carbonyl (C=O) groups is 1. The highest BCUT2D eigenvalue weighted by Gasteiger charge is 2.16. The fourth-order valence-corrected chi connectivity index (χ4v) is 2.14. The van der Waals surface area contributed by atoms with Crippen LogP contribution < -0.4 is 11.1 Å². The Morgan fingerprint density at radius 1 is 1.43 bits per heavy atom. The smallest absolute Gasteiger partial charge is 0.285 e. The second-order valence-corrected chi connectivity index (χ2v) is 5.23. The molecule has 1 aromatic carbocycles. The minimum atomic E-state index is -0.558. The number of anilines is 2. The van der Waals surface area contributed by atoms with Gasteiger partial charge in [0.15, 0.2) is 0 Å². The van der Waals surface area contributed by atoms with Crippen LogP contribution in [0.15, 0.2) is 34.9 Å². The van der Waals surface area contributed by atoms with E-state index in [1.165, 1.54) is 30.5 Å². The Kier molecular flexibility index (Phi) is 4.39. The lowest BCUT2D eigenvalue weighted by Gasteiger charge is -2.07. The number of hydrogen-bond donors (Lipinski definition) is 2. The van der Waals surface area contributed by atoms with Crippen molar-refractivity contribution in [1.29, 1.82) is 0 Å². The standard InChI is InChI=1S/C12H8BrClN4O3/c13-8-2-1-6(3-10(8)18(20)21)17-12(19)7-4-11(15)16-5-9(7)14/h1-5H,(H2,15,16)(H,17,19). The van der Waals surface area contributed by atoms with Gasteiger partial charge in [-0.3, -0.25) is 14.9 Å². The summed E-state index contributed by atoms with van der Waals surface area (Å²) in [6.45, 7) is 0. The molecule has 1 aromatic heterocycles. The molecule has 0 saturated heterocycles. The topological polar surface area (TPSA) is 111 Å². The third-order valence-corrected chi connectivity index (χ3v) is 3.49. The number of benzene rings is 1. The minimum Gasteiger partial charge on any atom is -0.384 e. The van der Waals surface area contributed by atoms with Gasteiger partial charge in [0, 0.05) is 18.0 Å². The third-order valence-electron chi connectivity index (χ3n) is 2.52. The summed E-state index contributed by atoms with van der Waals surface area (Å²) in [6.07, 6.45) is 1.26. The molecule has 0 atom stereocenters. The SMILES string of the molecule is Nc1cc(C(=O)Nc2ccc(Br)c([N+](=O)[O-])c2)c(Cl)cn1. The van der Waals surface area contributed by atoms with E-state index in [2.05, 4.69) is 26.2 Å². The Morgan fingerprint density at radius 3 is 2.81 bits per heavy atom. The molecule has 2 rings (SSSR count). The summed E-state index contributed by atoms with van der Waals surface area (Å²) in [5.74, 6) is -0.392. The van der Waals surface area contributed by atoms with E-state index in [9.17, 15) is 14.9 Å². The van der Waals surface area contributed by atoms with Gasteiger partial charge in [0.1, 0.15) is 5.82 Å². The third kappa shape index (κ3) is 3.47. The number of hydrogen-bond acceptors (Lipinski definition) is 5. The van der Waals surface area contributed by atoms with E-state index in [1.807, 2.05) is 0 Å². The zero-order valence-corrected chi connectivity index (χ0v) is 12.7. The van der Waals surface area contributed by atoms with Crippen LogP contribution in [0.5, 0.6) is 0 Å². The van der Waals surface area contributed by atoms with Crippen LogP contribution in [0.1, 0.15) is 10.4 Å². The summed E-state index contributed by atoms with van der Waals surface area (Å²) < 4.78 is 0.316. The highest BCUT2D eigenvalue weighted by Crippen LogP contribution is 2.28. The van der Waals surface area contributed by atoms with Gasteiger partial charge in [-0.15, -0.1) is 0 Å². The molecule has 1 heterocycles. The van der Waals surface area contributed by atoms with E-state index in [0.29, 0.717) is 4.47 Å². The maximum atomic E-state index is 12.1. The molecule has 0 radical (unpaired) electrons. The molecule has 0 saturated carbocycles. The Bertz CT molecular complexity index is 738. The normalized spacial score (nSPS) is 10.2. The second kappa shape index (κ2) is 6.06. The Balaban J connectivity index is 2.29. The average molecular weight is 372 g/mol. The zero-order valence-electron chi connectivity index (χ0n) is 10.3. The molecule has 0 fully saturated rings. The number of pyridine rings is 1. The highest BCUT2D eigenvalue weighted by molar-refractivity contribution is 9.10. The van der Waals surface area contributed by atoms with Crippen LogP contribution in [0.3, 0.4) is 0 Å². The fraction of sp³-hybridized carbons (Fsp3) is 0. The van der Waals surface area contributed by atoms with Gasteiger partial charge in [-0.25, -0.2) is 4.98 Å². The molecule has 1 amide bonds. The first-order valence-electron chi connectivity index (χ1n) is 5.55. The predicted octanol–water partition coefficient (Wildman–Crippen LogP) is 3.24. The largest absolute Gasteiger partial charge is 0.384 e. The first kappa shape index (κ1) is 15.2. The second-order valence-electron chi connectivity index (χ2n) is 3.97. The van der Waals surface area contributed by atoms with Gasteiger partial charge in [0.05, 0.1) is 20.0 Å². The van der Waals surface area contributed by atoms with Crippen LogP contribution in [0, 0.1) is 10.1 Å². The monoisotopic (exact) mass is 370 g/mol. The average Bonchev–Trinajstić information content (AvgIpc) is 2.43. The van der Waals surface area contributed by atoms with Gasteiger partial charge in [-0.2, -0.15) is 0 Å². The number of aromatic nitrogens is 1. The number of carbonyl (C=O) groups excluding carboxylic acids is 1. The molecule has 3 N–H and O–H groups in total.